The second-order valence-electron chi connectivity index (χ2n) is 6.23. The molecule has 0 saturated carbocycles. The number of amides is 1. The summed E-state index contributed by atoms with van der Waals surface area (Å²) in [5.41, 5.74) is -0.104. The van der Waals surface area contributed by atoms with Gasteiger partial charge in [0.25, 0.3) is 0 Å². The predicted octanol–water partition coefficient (Wildman–Crippen LogP) is 1.88. The molecule has 0 aliphatic carbocycles. The van der Waals surface area contributed by atoms with Gasteiger partial charge in [-0.3, -0.25) is 9.69 Å². The Labute approximate surface area is 126 Å². The van der Waals surface area contributed by atoms with Gasteiger partial charge in [-0.15, -0.1) is 0 Å². The number of likely N-dealkylation sites (N-methyl/N-ethyl adjacent to an activating group) is 2. The molecule has 1 atom stereocenters. The maximum absolute atomic E-state index is 13.2. The molecular weight excluding hydrogens is 271 g/mol. The number of carbonyl (C=O) groups excluding carboxylic acids is 1. The topological polar surface area (TPSA) is 43.8 Å². The minimum atomic E-state index is -0.857. The maximum atomic E-state index is 13.2. The third kappa shape index (κ3) is 5.81. The zero-order valence-electron chi connectivity index (χ0n) is 13.4. The Kier molecular flexibility index (Phi) is 5.87. The van der Waals surface area contributed by atoms with E-state index in [-0.39, 0.29) is 17.8 Å². The molecule has 0 saturated heterocycles. The van der Waals surface area contributed by atoms with Crippen LogP contribution in [0.3, 0.4) is 0 Å². The average molecular weight is 296 g/mol. The molecule has 0 bridgehead atoms. The summed E-state index contributed by atoms with van der Waals surface area (Å²) in [6.45, 7) is 5.97. The number of benzene rings is 1. The SMILES string of the molecule is CC(C(=O)N(C)Cc1cccc(F)c1)N(C)CC(C)(C)O. The summed E-state index contributed by atoms with van der Waals surface area (Å²) in [5.74, 6) is -0.369. The molecule has 0 heterocycles. The van der Waals surface area contributed by atoms with Crippen molar-refractivity contribution in [2.45, 2.75) is 39.0 Å². The normalized spacial score (nSPS) is 13.3. The first kappa shape index (κ1) is 17.6. The minimum absolute atomic E-state index is 0.0639. The Balaban J connectivity index is 2.65. The van der Waals surface area contributed by atoms with E-state index in [1.165, 1.54) is 12.1 Å². The number of rotatable bonds is 6. The van der Waals surface area contributed by atoms with Crippen LogP contribution in [0.1, 0.15) is 26.3 Å². The second-order valence-corrected chi connectivity index (χ2v) is 6.23. The van der Waals surface area contributed by atoms with Crippen molar-refractivity contribution < 1.29 is 14.3 Å². The standard InChI is InChI=1S/C16H25FN2O2/c1-12(19(5)11-16(2,3)21)15(20)18(4)10-13-7-6-8-14(17)9-13/h6-9,12,21H,10-11H2,1-5H3. The van der Waals surface area contributed by atoms with E-state index in [2.05, 4.69) is 0 Å². The van der Waals surface area contributed by atoms with E-state index < -0.39 is 5.60 Å². The zero-order chi connectivity index (χ0) is 16.2. The molecule has 21 heavy (non-hydrogen) atoms. The van der Waals surface area contributed by atoms with Crippen LogP contribution in [0.15, 0.2) is 24.3 Å². The van der Waals surface area contributed by atoms with Gasteiger partial charge in [-0.1, -0.05) is 12.1 Å². The molecule has 1 aromatic rings. The monoisotopic (exact) mass is 296 g/mol. The van der Waals surface area contributed by atoms with Gasteiger partial charge in [0, 0.05) is 20.1 Å². The molecule has 0 radical (unpaired) electrons. The number of aliphatic hydroxyl groups is 1. The molecule has 1 aromatic carbocycles. The van der Waals surface area contributed by atoms with Gasteiger partial charge >= 0.3 is 0 Å². The maximum Gasteiger partial charge on any atom is 0.239 e. The lowest BCUT2D eigenvalue weighted by molar-refractivity contribution is -0.136. The summed E-state index contributed by atoms with van der Waals surface area (Å²) in [4.78, 5) is 15.7. The van der Waals surface area contributed by atoms with Crippen LogP contribution in [-0.4, -0.2) is 53.1 Å². The van der Waals surface area contributed by atoms with Gasteiger partial charge in [-0.05, 0) is 45.5 Å². The third-order valence-electron chi connectivity index (χ3n) is 3.34. The lowest BCUT2D eigenvalue weighted by atomic mass is 10.1. The number of hydrogen-bond donors (Lipinski definition) is 1. The highest BCUT2D eigenvalue weighted by Gasteiger charge is 2.25. The van der Waals surface area contributed by atoms with Gasteiger partial charge in [0.15, 0.2) is 0 Å². The fourth-order valence-electron chi connectivity index (χ4n) is 2.24. The number of carbonyl (C=O) groups is 1. The summed E-state index contributed by atoms with van der Waals surface area (Å²) in [7, 11) is 3.50. The summed E-state index contributed by atoms with van der Waals surface area (Å²) in [5, 5.41) is 9.81. The molecule has 5 heteroatoms. The highest BCUT2D eigenvalue weighted by atomic mass is 19.1. The molecule has 0 spiro atoms. The van der Waals surface area contributed by atoms with Crippen LogP contribution in [0.2, 0.25) is 0 Å². The van der Waals surface area contributed by atoms with Crippen LogP contribution in [-0.2, 0) is 11.3 Å². The molecule has 0 fully saturated rings. The molecule has 0 aromatic heterocycles. The van der Waals surface area contributed by atoms with Gasteiger partial charge in [0.1, 0.15) is 5.82 Å². The van der Waals surface area contributed by atoms with E-state index in [1.54, 1.807) is 51.9 Å². The number of halogens is 1. The molecule has 0 aliphatic rings. The van der Waals surface area contributed by atoms with Crippen molar-refractivity contribution in [2.24, 2.45) is 0 Å². The van der Waals surface area contributed by atoms with Crippen LogP contribution in [0.25, 0.3) is 0 Å². The van der Waals surface area contributed by atoms with Crippen LogP contribution < -0.4 is 0 Å². The second kappa shape index (κ2) is 7.00. The molecule has 1 unspecified atom stereocenters. The summed E-state index contributed by atoms with van der Waals surface area (Å²) >= 11 is 0. The van der Waals surface area contributed by atoms with Crippen molar-refractivity contribution in [1.29, 1.82) is 0 Å². The van der Waals surface area contributed by atoms with Crippen molar-refractivity contribution in [3.05, 3.63) is 35.6 Å². The first-order valence-corrected chi connectivity index (χ1v) is 7.02. The Morgan fingerprint density at radius 1 is 1.38 bits per heavy atom. The van der Waals surface area contributed by atoms with Gasteiger partial charge in [0.05, 0.1) is 11.6 Å². The Morgan fingerprint density at radius 3 is 2.52 bits per heavy atom. The van der Waals surface area contributed by atoms with Gasteiger partial charge < -0.3 is 10.0 Å². The fraction of sp³-hybridized carbons (Fsp3) is 0.562. The van der Waals surface area contributed by atoms with E-state index in [0.29, 0.717) is 13.1 Å². The molecular formula is C16H25FN2O2. The first-order chi connectivity index (χ1) is 9.60. The summed E-state index contributed by atoms with van der Waals surface area (Å²) in [6.07, 6.45) is 0. The van der Waals surface area contributed by atoms with Crippen molar-refractivity contribution in [1.82, 2.24) is 9.80 Å². The van der Waals surface area contributed by atoms with Gasteiger partial charge in [0.2, 0.25) is 5.91 Å². The van der Waals surface area contributed by atoms with Crippen molar-refractivity contribution in [3.8, 4) is 0 Å². The highest BCUT2D eigenvalue weighted by molar-refractivity contribution is 5.81. The van der Waals surface area contributed by atoms with E-state index >= 15 is 0 Å². The van der Waals surface area contributed by atoms with Crippen molar-refractivity contribution >= 4 is 5.91 Å². The van der Waals surface area contributed by atoms with Crippen LogP contribution in [0.4, 0.5) is 4.39 Å². The Bertz CT molecular complexity index is 485. The van der Waals surface area contributed by atoms with Crippen LogP contribution >= 0.6 is 0 Å². The van der Waals surface area contributed by atoms with Gasteiger partial charge in [-0.2, -0.15) is 0 Å². The minimum Gasteiger partial charge on any atom is -0.389 e. The third-order valence-corrected chi connectivity index (χ3v) is 3.34. The van der Waals surface area contributed by atoms with Gasteiger partial charge in [-0.25, -0.2) is 4.39 Å². The summed E-state index contributed by atoms with van der Waals surface area (Å²) in [6, 6.07) is 5.88. The van der Waals surface area contributed by atoms with Crippen LogP contribution in [0.5, 0.6) is 0 Å². The zero-order valence-corrected chi connectivity index (χ0v) is 13.4. The largest absolute Gasteiger partial charge is 0.389 e. The van der Waals surface area contributed by atoms with E-state index in [1.807, 2.05) is 4.90 Å². The smallest absolute Gasteiger partial charge is 0.239 e. The predicted molar refractivity (Wildman–Crippen MR) is 81.3 cm³/mol. The number of hydrogen-bond acceptors (Lipinski definition) is 3. The van der Waals surface area contributed by atoms with E-state index in [4.69, 9.17) is 0 Å². The fourth-order valence-corrected chi connectivity index (χ4v) is 2.24. The average Bonchev–Trinajstić information content (AvgIpc) is 2.34. The molecule has 0 aliphatic heterocycles. The molecule has 1 amide bonds. The Hall–Kier alpha value is -1.46. The quantitative estimate of drug-likeness (QED) is 0.871. The molecule has 1 N–H and O–H groups in total. The van der Waals surface area contributed by atoms with Crippen molar-refractivity contribution in [2.75, 3.05) is 20.6 Å². The highest BCUT2D eigenvalue weighted by Crippen LogP contribution is 2.11. The lowest BCUT2D eigenvalue weighted by Crippen LogP contribution is -2.48. The molecule has 118 valence electrons. The first-order valence-electron chi connectivity index (χ1n) is 7.02. The molecule has 4 nitrogen and oxygen atoms in total. The van der Waals surface area contributed by atoms with Crippen LogP contribution in [0, 0.1) is 5.82 Å². The number of nitrogens with zero attached hydrogens (tertiary/aromatic N) is 2. The molecule has 1 rings (SSSR count). The Morgan fingerprint density at radius 2 is 2.00 bits per heavy atom. The van der Waals surface area contributed by atoms with Crippen molar-refractivity contribution in [3.63, 3.8) is 0 Å². The summed E-state index contributed by atoms with van der Waals surface area (Å²) < 4.78 is 13.2. The van der Waals surface area contributed by atoms with E-state index in [0.717, 1.165) is 5.56 Å². The van der Waals surface area contributed by atoms with E-state index in [9.17, 15) is 14.3 Å². The lowest BCUT2D eigenvalue weighted by Gasteiger charge is -2.32.